The van der Waals surface area contributed by atoms with Gasteiger partial charge in [-0.05, 0) is 20.8 Å². The molecule has 0 atom stereocenters. The van der Waals surface area contributed by atoms with E-state index in [9.17, 15) is 19.2 Å². The fourth-order valence-corrected chi connectivity index (χ4v) is 0.628. The highest BCUT2D eigenvalue weighted by Crippen LogP contribution is 1.86. The lowest BCUT2D eigenvalue weighted by molar-refractivity contribution is -0.145. The molecule has 0 rings (SSSR count). The molecule has 0 aromatic heterocycles. The van der Waals surface area contributed by atoms with E-state index in [1.807, 2.05) is 0 Å². The van der Waals surface area contributed by atoms with Crippen LogP contribution in [0.5, 0.6) is 0 Å². The van der Waals surface area contributed by atoms with Crippen LogP contribution in [0.1, 0.15) is 33.6 Å². The van der Waals surface area contributed by atoms with Crippen molar-refractivity contribution in [2.75, 3.05) is 6.61 Å². The highest BCUT2D eigenvalue weighted by atomic mass is 27.0. The predicted octanol–water partition coefficient (Wildman–Crippen LogP) is -0.605. The first-order valence-electron chi connectivity index (χ1n) is 4.65. The quantitative estimate of drug-likeness (QED) is 0.403. The molecule has 0 radical (unpaired) electrons. The molecule has 0 aromatic carbocycles. The molecule has 0 saturated carbocycles. The summed E-state index contributed by atoms with van der Waals surface area (Å²) in [5.41, 5.74) is 0. The SMILES string of the molecule is CC(=O)CC(=O)O.CCOC(=O)CC(C)=O.[AlH3]. The minimum Gasteiger partial charge on any atom is -0.481 e. The van der Waals surface area contributed by atoms with Crippen LogP contribution in [0.15, 0.2) is 0 Å². The van der Waals surface area contributed by atoms with Gasteiger partial charge in [-0.15, -0.1) is 0 Å². The number of carbonyl (C=O) groups excluding carboxylic acids is 3. The number of ether oxygens (including phenoxy) is 1. The second kappa shape index (κ2) is 12.9. The van der Waals surface area contributed by atoms with E-state index in [0.29, 0.717) is 6.61 Å². The molecule has 0 spiro atoms. The molecule has 1 N–H and O–H groups in total. The molecule has 0 aromatic rings. The van der Waals surface area contributed by atoms with Gasteiger partial charge >= 0.3 is 11.9 Å². The lowest BCUT2D eigenvalue weighted by Crippen LogP contribution is -2.07. The van der Waals surface area contributed by atoms with Crippen molar-refractivity contribution >= 4 is 40.9 Å². The Morgan fingerprint density at radius 1 is 1.00 bits per heavy atom. The van der Waals surface area contributed by atoms with E-state index in [1.54, 1.807) is 6.92 Å². The highest BCUT2D eigenvalue weighted by molar-refractivity contribution is 5.94. The van der Waals surface area contributed by atoms with Gasteiger partial charge in [-0.25, -0.2) is 0 Å². The molecule has 0 heterocycles. The van der Waals surface area contributed by atoms with Crippen molar-refractivity contribution in [3.63, 3.8) is 0 Å². The molecule has 0 fully saturated rings. The second-order valence-corrected chi connectivity index (χ2v) is 2.96. The zero-order chi connectivity index (χ0) is 13.1. The lowest BCUT2D eigenvalue weighted by Gasteiger charge is -1.96. The minimum absolute atomic E-state index is 0. The first-order chi connectivity index (χ1) is 7.29. The van der Waals surface area contributed by atoms with E-state index in [4.69, 9.17) is 5.11 Å². The number of rotatable bonds is 5. The number of Topliss-reactive ketones (excluding diaryl/α,β-unsaturated/α-hetero) is 2. The number of esters is 1. The highest BCUT2D eigenvalue weighted by Gasteiger charge is 2.03. The van der Waals surface area contributed by atoms with E-state index < -0.39 is 11.9 Å². The summed E-state index contributed by atoms with van der Waals surface area (Å²) in [5, 5.41) is 7.86. The van der Waals surface area contributed by atoms with Gasteiger partial charge < -0.3 is 9.84 Å². The Hall–Kier alpha value is -1.19. The molecule has 7 heteroatoms. The molecule has 6 nitrogen and oxygen atoms in total. The van der Waals surface area contributed by atoms with Crippen LogP contribution in [0.25, 0.3) is 0 Å². The second-order valence-electron chi connectivity index (χ2n) is 2.96. The Morgan fingerprint density at radius 2 is 1.41 bits per heavy atom. The molecule has 98 valence electrons. The van der Waals surface area contributed by atoms with Crippen molar-refractivity contribution in [2.24, 2.45) is 0 Å². The maximum atomic E-state index is 10.4. The van der Waals surface area contributed by atoms with Gasteiger partial charge in [-0.1, -0.05) is 0 Å². The maximum absolute atomic E-state index is 10.4. The zero-order valence-electron chi connectivity index (χ0n) is 9.61. The molecule has 0 bridgehead atoms. The van der Waals surface area contributed by atoms with Gasteiger partial charge in [-0.2, -0.15) is 0 Å². The van der Waals surface area contributed by atoms with Gasteiger partial charge in [0.2, 0.25) is 0 Å². The summed E-state index contributed by atoms with van der Waals surface area (Å²) in [4.78, 5) is 40.1. The van der Waals surface area contributed by atoms with Crippen molar-refractivity contribution in [3.05, 3.63) is 0 Å². The summed E-state index contributed by atoms with van der Waals surface area (Å²) in [5.74, 6) is -1.97. The van der Waals surface area contributed by atoms with E-state index in [-0.39, 0.29) is 41.8 Å². The molecule has 0 saturated heterocycles. The Bertz CT molecular complexity index is 262. The molecular weight excluding hydrogens is 243 g/mol. The lowest BCUT2D eigenvalue weighted by atomic mass is 10.3. The van der Waals surface area contributed by atoms with Crippen LogP contribution < -0.4 is 0 Å². The Morgan fingerprint density at radius 3 is 1.59 bits per heavy atom. The van der Waals surface area contributed by atoms with Crippen molar-refractivity contribution in [2.45, 2.75) is 33.6 Å². The van der Waals surface area contributed by atoms with Crippen LogP contribution >= 0.6 is 0 Å². The van der Waals surface area contributed by atoms with Crippen LogP contribution in [-0.4, -0.2) is 52.6 Å². The van der Waals surface area contributed by atoms with Crippen molar-refractivity contribution in [3.8, 4) is 0 Å². The van der Waals surface area contributed by atoms with Gasteiger partial charge in [0, 0.05) is 0 Å². The summed E-state index contributed by atoms with van der Waals surface area (Å²) in [6.07, 6.45) is -0.464. The van der Waals surface area contributed by atoms with Crippen molar-refractivity contribution < 1.29 is 29.0 Å². The predicted molar refractivity (Wildman–Crippen MR) is 64.8 cm³/mol. The van der Waals surface area contributed by atoms with E-state index in [2.05, 4.69) is 4.74 Å². The fourth-order valence-electron chi connectivity index (χ4n) is 0.628. The summed E-state index contributed by atoms with van der Waals surface area (Å²) >= 11 is 0. The van der Waals surface area contributed by atoms with Crippen LogP contribution in [0.4, 0.5) is 0 Å². The largest absolute Gasteiger partial charge is 0.481 e. The molecule has 0 aliphatic heterocycles. The zero-order valence-corrected chi connectivity index (χ0v) is 9.61. The molecule has 17 heavy (non-hydrogen) atoms. The number of hydrogen-bond donors (Lipinski definition) is 1. The molecule has 0 amide bonds. The van der Waals surface area contributed by atoms with E-state index >= 15 is 0 Å². The first-order valence-corrected chi connectivity index (χ1v) is 4.65. The Kier molecular flexibility index (Phi) is 16.0. The van der Waals surface area contributed by atoms with E-state index in [0.717, 1.165) is 0 Å². The first kappa shape index (κ1) is 21.1. The molecule has 0 aliphatic rings. The Balaban J connectivity index is -0.000000224. The van der Waals surface area contributed by atoms with Gasteiger partial charge in [-0.3, -0.25) is 19.2 Å². The number of hydrogen-bond acceptors (Lipinski definition) is 5. The van der Waals surface area contributed by atoms with Gasteiger partial charge in [0.25, 0.3) is 0 Å². The number of aliphatic carboxylic acids is 1. The third kappa shape index (κ3) is 25.3. The standard InChI is InChI=1S/C6H10O3.C4H6O3.Al.3H/c1-3-9-6(8)4-5(2)7;1-3(5)2-4(6)7;;;;/h3-4H2,1-2H3;2H2,1H3,(H,6,7);;;;. The third-order valence-electron chi connectivity index (χ3n) is 1.10. The number of carboxylic acid groups (broad SMARTS) is 1. The van der Waals surface area contributed by atoms with Crippen LogP contribution in [0.2, 0.25) is 0 Å². The van der Waals surface area contributed by atoms with E-state index in [1.165, 1.54) is 13.8 Å². The summed E-state index contributed by atoms with van der Waals surface area (Å²) < 4.78 is 4.49. The molecule has 0 aliphatic carbocycles. The Labute approximate surface area is 110 Å². The number of ketones is 2. The van der Waals surface area contributed by atoms with Crippen molar-refractivity contribution in [1.82, 2.24) is 0 Å². The average molecular weight is 262 g/mol. The van der Waals surface area contributed by atoms with Gasteiger partial charge in [0.1, 0.15) is 24.4 Å². The summed E-state index contributed by atoms with van der Waals surface area (Å²) in [6, 6.07) is 0. The average Bonchev–Trinajstić information content (AvgIpc) is 2.00. The summed E-state index contributed by atoms with van der Waals surface area (Å²) in [6.45, 7) is 4.65. The molecular formula is C10H19AlO6. The summed E-state index contributed by atoms with van der Waals surface area (Å²) in [7, 11) is 0. The fraction of sp³-hybridized carbons (Fsp3) is 0.600. The smallest absolute Gasteiger partial charge is 0.313 e. The number of carboxylic acids is 1. The van der Waals surface area contributed by atoms with Crippen LogP contribution in [0.3, 0.4) is 0 Å². The normalized spacial score (nSPS) is 7.94. The monoisotopic (exact) mass is 262 g/mol. The van der Waals surface area contributed by atoms with Crippen LogP contribution in [0, 0.1) is 0 Å². The minimum atomic E-state index is -1.06. The van der Waals surface area contributed by atoms with Gasteiger partial charge in [0.15, 0.2) is 17.4 Å². The third-order valence-corrected chi connectivity index (χ3v) is 1.10. The topological polar surface area (TPSA) is 97.7 Å². The molecule has 0 unspecified atom stereocenters. The maximum Gasteiger partial charge on any atom is 0.313 e. The number of carbonyl (C=O) groups is 4. The van der Waals surface area contributed by atoms with Gasteiger partial charge in [0.05, 0.1) is 6.61 Å². The van der Waals surface area contributed by atoms with Crippen molar-refractivity contribution in [1.29, 1.82) is 0 Å². The van der Waals surface area contributed by atoms with Crippen LogP contribution in [-0.2, 0) is 23.9 Å².